The van der Waals surface area contributed by atoms with Gasteiger partial charge in [0, 0.05) is 6.54 Å². The molecule has 20 heavy (non-hydrogen) atoms. The van der Waals surface area contributed by atoms with Crippen LogP contribution in [-0.4, -0.2) is 50.2 Å². The van der Waals surface area contributed by atoms with Crippen molar-refractivity contribution < 1.29 is 9.53 Å². The summed E-state index contributed by atoms with van der Waals surface area (Å²) in [6.07, 6.45) is 5.71. The summed E-state index contributed by atoms with van der Waals surface area (Å²) in [5.41, 5.74) is -0.0181. The van der Waals surface area contributed by atoms with Crippen LogP contribution in [0, 0.1) is 5.41 Å². The van der Waals surface area contributed by atoms with Gasteiger partial charge < -0.3 is 15.0 Å². The first-order valence-corrected chi connectivity index (χ1v) is 7.95. The van der Waals surface area contributed by atoms with Gasteiger partial charge in [0.25, 0.3) is 0 Å². The zero-order valence-electron chi connectivity index (χ0n) is 13.9. The molecule has 0 saturated carbocycles. The van der Waals surface area contributed by atoms with Crippen LogP contribution in [0.25, 0.3) is 0 Å². The van der Waals surface area contributed by atoms with Crippen LogP contribution in [-0.2, 0) is 9.53 Å². The number of carbonyl (C=O) groups excluding carboxylic acids is 1. The lowest BCUT2D eigenvalue weighted by atomic mass is 9.82. The largest absolute Gasteiger partial charge is 0.468 e. The lowest BCUT2D eigenvalue weighted by Crippen LogP contribution is -2.48. The number of likely N-dealkylation sites (tertiary alicyclic amines) is 1. The van der Waals surface area contributed by atoms with Crippen molar-refractivity contribution in [3.8, 4) is 0 Å². The van der Waals surface area contributed by atoms with Crippen LogP contribution in [0.4, 0.5) is 0 Å². The van der Waals surface area contributed by atoms with Gasteiger partial charge in [-0.25, -0.2) is 0 Å². The minimum Gasteiger partial charge on any atom is -0.468 e. The highest BCUT2D eigenvalue weighted by Crippen LogP contribution is 2.37. The molecule has 1 saturated heterocycles. The van der Waals surface area contributed by atoms with E-state index in [1.54, 1.807) is 0 Å². The number of esters is 1. The van der Waals surface area contributed by atoms with Crippen molar-refractivity contribution in [1.82, 2.24) is 10.2 Å². The predicted octanol–water partition coefficient (Wildman–Crippen LogP) is 2.43. The summed E-state index contributed by atoms with van der Waals surface area (Å²) < 4.78 is 4.88. The van der Waals surface area contributed by atoms with Gasteiger partial charge in [0.15, 0.2) is 0 Å². The van der Waals surface area contributed by atoms with Gasteiger partial charge in [-0.15, -0.1) is 0 Å². The Kier molecular flexibility index (Phi) is 6.46. The molecule has 0 amide bonds. The highest BCUT2D eigenvalue weighted by molar-refractivity contribution is 5.80. The van der Waals surface area contributed by atoms with Gasteiger partial charge in [-0.2, -0.15) is 0 Å². The van der Waals surface area contributed by atoms with Gasteiger partial charge in [-0.3, -0.25) is 4.79 Å². The molecule has 1 fully saturated rings. The molecule has 0 aromatic heterocycles. The fourth-order valence-electron chi connectivity index (χ4n) is 3.26. The van der Waals surface area contributed by atoms with E-state index >= 15 is 0 Å². The van der Waals surface area contributed by atoms with E-state index in [0.29, 0.717) is 5.41 Å². The Labute approximate surface area is 124 Å². The highest BCUT2D eigenvalue weighted by atomic mass is 16.5. The van der Waals surface area contributed by atoms with Gasteiger partial charge in [-0.1, -0.05) is 13.8 Å². The second kappa shape index (κ2) is 7.41. The Balaban J connectivity index is 2.40. The molecule has 1 unspecified atom stereocenters. The summed E-state index contributed by atoms with van der Waals surface area (Å²) in [5, 5.41) is 3.10. The summed E-state index contributed by atoms with van der Waals surface area (Å²) in [6, 6.07) is 0. The standard InChI is InChI=1S/C16H32N2O2/c1-6-16(7-2)10-12-18(13-16)11-8-9-15(3,17-4)14(19)20-5/h17H,6-13H2,1-5H3. The van der Waals surface area contributed by atoms with Crippen LogP contribution in [0.1, 0.15) is 52.9 Å². The summed E-state index contributed by atoms with van der Waals surface area (Å²) in [6.45, 7) is 10.0. The van der Waals surface area contributed by atoms with E-state index in [4.69, 9.17) is 4.74 Å². The van der Waals surface area contributed by atoms with Crippen molar-refractivity contribution >= 4 is 5.97 Å². The minimum atomic E-state index is -0.554. The van der Waals surface area contributed by atoms with Gasteiger partial charge >= 0.3 is 5.97 Å². The van der Waals surface area contributed by atoms with Crippen LogP contribution >= 0.6 is 0 Å². The maximum Gasteiger partial charge on any atom is 0.325 e. The average Bonchev–Trinajstić information content (AvgIpc) is 2.90. The van der Waals surface area contributed by atoms with Crippen LogP contribution in [0.5, 0.6) is 0 Å². The van der Waals surface area contributed by atoms with E-state index in [0.717, 1.165) is 19.4 Å². The second-order valence-electron chi connectivity index (χ2n) is 6.41. The van der Waals surface area contributed by atoms with Gasteiger partial charge in [0.1, 0.15) is 5.54 Å². The van der Waals surface area contributed by atoms with Gasteiger partial charge in [-0.05, 0) is 64.6 Å². The molecule has 1 aliphatic rings. The average molecular weight is 284 g/mol. The molecule has 4 heteroatoms. The Morgan fingerprint density at radius 1 is 1.40 bits per heavy atom. The van der Waals surface area contributed by atoms with E-state index in [2.05, 4.69) is 24.1 Å². The molecule has 1 N–H and O–H groups in total. The summed E-state index contributed by atoms with van der Waals surface area (Å²) >= 11 is 0. The second-order valence-corrected chi connectivity index (χ2v) is 6.41. The molecule has 4 nitrogen and oxygen atoms in total. The zero-order valence-corrected chi connectivity index (χ0v) is 13.9. The third-order valence-electron chi connectivity index (χ3n) is 5.36. The zero-order chi connectivity index (χ0) is 15.2. The number of likely N-dealkylation sites (N-methyl/N-ethyl adjacent to an activating group) is 1. The molecule has 1 aliphatic heterocycles. The molecule has 1 atom stereocenters. The van der Waals surface area contributed by atoms with Crippen LogP contribution < -0.4 is 5.32 Å². The van der Waals surface area contributed by atoms with Crippen molar-refractivity contribution in [3.05, 3.63) is 0 Å². The SMILES string of the molecule is CCC1(CC)CCN(CCCC(C)(NC)C(=O)OC)C1. The molecule has 0 aliphatic carbocycles. The Morgan fingerprint density at radius 2 is 2.05 bits per heavy atom. The maximum atomic E-state index is 11.8. The van der Waals surface area contributed by atoms with Crippen molar-refractivity contribution in [3.63, 3.8) is 0 Å². The predicted molar refractivity (Wildman–Crippen MR) is 82.8 cm³/mol. The Morgan fingerprint density at radius 3 is 2.50 bits per heavy atom. The van der Waals surface area contributed by atoms with Crippen LogP contribution in [0.15, 0.2) is 0 Å². The summed E-state index contributed by atoms with van der Waals surface area (Å²) in [7, 11) is 3.28. The molecule has 0 spiro atoms. The highest BCUT2D eigenvalue weighted by Gasteiger charge is 2.36. The number of nitrogens with zero attached hydrogens (tertiary/aromatic N) is 1. The first kappa shape index (κ1) is 17.4. The minimum absolute atomic E-state index is 0.169. The number of carbonyl (C=O) groups is 1. The molecule has 1 rings (SSSR count). The fourth-order valence-corrected chi connectivity index (χ4v) is 3.26. The van der Waals surface area contributed by atoms with Gasteiger partial charge in [0.2, 0.25) is 0 Å². The molecule has 118 valence electrons. The first-order chi connectivity index (χ1) is 9.45. The van der Waals surface area contributed by atoms with E-state index in [9.17, 15) is 4.79 Å². The number of hydrogen-bond acceptors (Lipinski definition) is 4. The molecular weight excluding hydrogens is 252 g/mol. The van der Waals surface area contributed by atoms with Crippen LogP contribution in [0.3, 0.4) is 0 Å². The van der Waals surface area contributed by atoms with E-state index in [-0.39, 0.29) is 5.97 Å². The monoisotopic (exact) mass is 284 g/mol. The molecule has 0 radical (unpaired) electrons. The van der Waals surface area contributed by atoms with E-state index in [1.807, 2.05) is 14.0 Å². The lowest BCUT2D eigenvalue weighted by Gasteiger charge is -2.28. The van der Waals surface area contributed by atoms with Crippen molar-refractivity contribution in [2.45, 2.75) is 58.4 Å². The molecule has 0 bridgehead atoms. The van der Waals surface area contributed by atoms with Crippen molar-refractivity contribution in [2.75, 3.05) is 33.8 Å². The molecule has 0 aromatic rings. The number of ether oxygens (including phenoxy) is 1. The maximum absolute atomic E-state index is 11.8. The number of nitrogens with one attached hydrogen (secondary N) is 1. The Hall–Kier alpha value is -0.610. The molecular formula is C16H32N2O2. The van der Waals surface area contributed by atoms with Crippen LogP contribution in [0.2, 0.25) is 0 Å². The normalized spacial score (nSPS) is 21.6. The molecule has 0 aromatic carbocycles. The van der Waals surface area contributed by atoms with E-state index in [1.165, 1.54) is 39.5 Å². The third kappa shape index (κ3) is 3.95. The fraction of sp³-hybridized carbons (Fsp3) is 0.938. The Bertz CT molecular complexity index is 316. The third-order valence-corrected chi connectivity index (χ3v) is 5.36. The topological polar surface area (TPSA) is 41.6 Å². The van der Waals surface area contributed by atoms with Gasteiger partial charge in [0.05, 0.1) is 7.11 Å². The first-order valence-electron chi connectivity index (χ1n) is 7.95. The smallest absolute Gasteiger partial charge is 0.325 e. The van der Waals surface area contributed by atoms with E-state index < -0.39 is 5.54 Å². The number of hydrogen-bond donors (Lipinski definition) is 1. The van der Waals surface area contributed by atoms with Crippen molar-refractivity contribution in [1.29, 1.82) is 0 Å². The summed E-state index contributed by atoms with van der Waals surface area (Å²) in [5.74, 6) is -0.169. The summed E-state index contributed by atoms with van der Waals surface area (Å²) in [4.78, 5) is 14.3. The number of rotatable bonds is 8. The molecule has 1 heterocycles. The lowest BCUT2D eigenvalue weighted by molar-refractivity contribution is -0.148. The quantitative estimate of drug-likeness (QED) is 0.695. The van der Waals surface area contributed by atoms with Crippen molar-refractivity contribution in [2.24, 2.45) is 5.41 Å². The number of methoxy groups -OCH3 is 1.